The number of benzene rings is 8. The SMILES string of the molecule is Cc1cccc(-c2cc(-c3cccc4c3oc3ccccc34)c3ccc4cc(C(C)(C)c5ccccc5)cc5ccc2c3c54)c1. The van der Waals surface area contributed by atoms with E-state index in [0.29, 0.717) is 0 Å². The molecule has 0 unspecified atom stereocenters. The van der Waals surface area contributed by atoms with E-state index in [1.807, 2.05) is 6.07 Å². The first-order valence-electron chi connectivity index (χ1n) is 15.8. The summed E-state index contributed by atoms with van der Waals surface area (Å²) in [6.45, 7) is 6.83. The molecular formula is C44H32O. The van der Waals surface area contributed by atoms with Crippen molar-refractivity contribution in [3.63, 3.8) is 0 Å². The minimum Gasteiger partial charge on any atom is -0.455 e. The summed E-state index contributed by atoms with van der Waals surface area (Å²) >= 11 is 0. The average Bonchev–Trinajstić information content (AvgIpc) is 3.46. The Morgan fingerprint density at radius 3 is 1.93 bits per heavy atom. The maximum Gasteiger partial charge on any atom is 0.143 e. The molecule has 1 heteroatoms. The van der Waals surface area contributed by atoms with Crippen LogP contribution in [0.2, 0.25) is 0 Å². The molecule has 0 aliphatic heterocycles. The first kappa shape index (κ1) is 26.0. The Morgan fingerprint density at radius 2 is 1.16 bits per heavy atom. The summed E-state index contributed by atoms with van der Waals surface area (Å²) in [6, 6.07) is 51.2. The fraction of sp³-hybridized carbons (Fsp3) is 0.0909. The van der Waals surface area contributed by atoms with Crippen LogP contribution in [0.5, 0.6) is 0 Å². The Hall–Kier alpha value is -5.40. The summed E-state index contributed by atoms with van der Waals surface area (Å²) in [6.07, 6.45) is 0. The van der Waals surface area contributed by atoms with Crippen LogP contribution in [-0.4, -0.2) is 0 Å². The second-order valence-corrected chi connectivity index (χ2v) is 13.0. The van der Waals surface area contributed by atoms with Crippen molar-refractivity contribution in [2.75, 3.05) is 0 Å². The molecular weight excluding hydrogens is 544 g/mol. The van der Waals surface area contributed by atoms with Gasteiger partial charge in [0, 0.05) is 21.8 Å². The van der Waals surface area contributed by atoms with Gasteiger partial charge < -0.3 is 4.42 Å². The molecule has 214 valence electrons. The Morgan fingerprint density at radius 1 is 0.467 bits per heavy atom. The van der Waals surface area contributed by atoms with Crippen molar-refractivity contribution in [3.05, 3.63) is 156 Å². The number of fused-ring (bicyclic) bond motifs is 3. The zero-order valence-electron chi connectivity index (χ0n) is 25.7. The van der Waals surface area contributed by atoms with Crippen molar-refractivity contribution >= 4 is 54.3 Å². The van der Waals surface area contributed by atoms with Crippen molar-refractivity contribution in [1.82, 2.24) is 0 Å². The second kappa shape index (κ2) is 9.55. The lowest BCUT2D eigenvalue weighted by Gasteiger charge is -2.27. The third-order valence-electron chi connectivity index (χ3n) is 9.96. The van der Waals surface area contributed by atoms with Crippen molar-refractivity contribution < 1.29 is 4.42 Å². The van der Waals surface area contributed by atoms with Gasteiger partial charge in [0.05, 0.1) is 0 Å². The van der Waals surface area contributed by atoms with Crippen molar-refractivity contribution in [2.45, 2.75) is 26.2 Å². The van der Waals surface area contributed by atoms with Gasteiger partial charge in [0.15, 0.2) is 0 Å². The van der Waals surface area contributed by atoms with Crippen LogP contribution in [0.25, 0.3) is 76.5 Å². The molecule has 1 nitrogen and oxygen atoms in total. The highest BCUT2D eigenvalue weighted by Gasteiger charge is 2.25. The van der Waals surface area contributed by atoms with Gasteiger partial charge in [-0.3, -0.25) is 0 Å². The minimum atomic E-state index is -0.124. The predicted molar refractivity (Wildman–Crippen MR) is 192 cm³/mol. The van der Waals surface area contributed by atoms with E-state index in [-0.39, 0.29) is 5.41 Å². The molecule has 9 rings (SSSR count). The van der Waals surface area contributed by atoms with Gasteiger partial charge in [0.2, 0.25) is 0 Å². The molecule has 0 atom stereocenters. The minimum absolute atomic E-state index is 0.124. The quantitative estimate of drug-likeness (QED) is 0.190. The first-order valence-corrected chi connectivity index (χ1v) is 15.8. The van der Waals surface area contributed by atoms with Crippen LogP contribution in [-0.2, 0) is 5.41 Å². The van der Waals surface area contributed by atoms with Gasteiger partial charge in [-0.2, -0.15) is 0 Å². The summed E-state index contributed by atoms with van der Waals surface area (Å²) < 4.78 is 6.59. The highest BCUT2D eigenvalue weighted by molar-refractivity contribution is 6.29. The Kier molecular flexibility index (Phi) is 5.53. The van der Waals surface area contributed by atoms with E-state index < -0.39 is 0 Å². The lowest BCUT2D eigenvalue weighted by molar-refractivity contribution is 0.642. The van der Waals surface area contributed by atoms with Crippen LogP contribution in [0.15, 0.2) is 144 Å². The average molecular weight is 577 g/mol. The molecule has 0 bridgehead atoms. The van der Waals surface area contributed by atoms with E-state index in [0.717, 1.165) is 27.5 Å². The van der Waals surface area contributed by atoms with E-state index >= 15 is 0 Å². The summed E-state index contributed by atoms with van der Waals surface area (Å²) in [5.41, 5.74) is 10.4. The van der Waals surface area contributed by atoms with Crippen LogP contribution >= 0.6 is 0 Å². The van der Waals surface area contributed by atoms with Crippen LogP contribution in [0.4, 0.5) is 0 Å². The summed E-state index contributed by atoms with van der Waals surface area (Å²) in [5.74, 6) is 0. The molecule has 0 spiro atoms. The van der Waals surface area contributed by atoms with Gasteiger partial charge in [-0.15, -0.1) is 0 Å². The molecule has 0 fully saturated rings. The molecule has 1 heterocycles. The molecule has 0 saturated heterocycles. The Bertz CT molecular complexity index is 2550. The summed E-state index contributed by atoms with van der Waals surface area (Å²) in [5, 5.41) is 10.0. The molecule has 8 aromatic carbocycles. The van der Waals surface area contributed by atoms with Crippen molar-refractivity contribution in [1.29, 1.82) is 0 Å². The summed E-state index contributed by atoms with van der Waals surface area (Å²) in [4.78, 5) is 0. The standard InChI is InChI=1S/C44H32O/c1-27-11-9-12-28(23-27)38-26-39(37-17-10-16-36-33-15-7-8-18-40(33)45-43(36)37)35-22-20-30-25-32(44(2,3)31-13-5-4-6-14-31)24-29-19-21-34(38)42(35)41(29)30/h4-26H,1-3H3. The fourth-order valence-electron chi connectivity index (χ4n) is 7.53. The third-order valence-corrected chi connectivity index (χ3v) is 9.96. The van der Waals surface area contributed by atoms with Gasteiger partial charge in [-0.1, -0.05) is 147 Å². The molecule has 0 aliphatic rings. The Labute approximate surface area is 262 Å². The molecule has 1 aromatic heterocycles. The number of rotatable bonds is 4. The number of hydrogen-bond acceptors (Lipinski definition) is 1. The zero-order chi connectivity index (χ0) is 30.3. The molecule has 0 radical (unpaired) electrons. The van der Waals surface area contributed by atoms with E-state index in [9.17, 15) is 0 Å². The van der Waals surface area contributed by atoms with Crippen molar-refractivity contribution in [2.24, 2.45) is 0 Å². The highest BCUT2D eigenvalue weighted by atomic mass is 16.3. The van der Waals surface area contributed by atoms with Crippen LogP contribution in [0.3, 0.4) is 0 Å². The lowest BCUT2D eigenvalue weighted by atomic mass is 9.76. The van der Waals surface area contributed by atoms with E-state index in [2.05, 4.69) is 154 Å². The molecule has 0 N–H and O–H groups in total. The van der Waals surface area contributed by atoms with E-state index in [1.54, 1.807) is 0 Å². The van der Waals surface area contributed by atoms with Gasteiger partial charge in [-0.05, 0) is 79.2 Å². The Balaban J connectivity index is 1.39. The van der Waals surface area contributed by atoms with Gasteiger partial charge in [-0.25, -0.2) is 0 Å². The predicted octanol–water partition coefficient (Wildman–Crippen LogP) is 12.5. The maximum atomic E-state index is 6.59. The molecule has 0 saturated carbocycles. The van der Waals surface area contributed by atoms with Crippen LogP contribution in [0, 0.1) is 6.92 Å². The smallest absolute Gasteiger partial charge is 0.143 e. The number of furan rings is 1. The third kappa shape index (κ3) is 3.87. The molecule has 0 aliphatic carbocycles. The number of para-hydroxylation sites is 2. The van der Waals surface area contributed by atoms with Crippen LogP contribution in [0.1, 0.15) is 30.5 Å². The largest absolute Gasteiger partial charge is 0.455 e. The lowest BCUT2D eigenvalue weighted by Crippen LogP contribution is -2.18. The molecule has 45 heavy (non-hydrogen) atoms. The van der Waals surface area contributed by atoms with Gasteiger partial charge in [0.1, 0.15) is 11.2 Å². The normalized spacial score (nSPS) is 12.3. The van der Waals surface area contributed by atoms with Gasteiger partial charge in [0.25, 0.3) is 0 Å². The number of aryl methyl sites for hydroxylation is 1. The monoisotopic (exact) mass is 576 g/mol. The molecule has 0 amide bonds. The summed E-state index contributed by atoms with van der Waals surface area (Å²) in [7, 11) is 0. The molecule has 9 aromatic rings. The van der Waals surface area contributed by atoms with Crippen molar-refractivity contribution in [3.8, 4) is 22.3 Å². The maximum absolute atomic E-state index is 6.59. The topological polar surface area (TPSA) is 13.1 Å². The van der Waals surface area contributed by atoms with Gasteiger partial charge >= 0.3 is 0 Å². The van der Waals surface area contributed by atoms with E-state index in [4.69, 9.17) is 4.42 Å². The van der Waals surface area contributed by atoms with E-state index in [1.165, 1.54) is 65.7 Å². The number of hydrogen-bond donors (Lipinski definition) is 0. The zero-order valence-corrected chi connectivity index (χ0v) is 25.7. The highest BCUT2D eigenvalue weighted by Crippen LogP contribution is 2.47. The van der Waals surface area contributed by atoms with Crippen LogP contribution < -0.4 is 0 Å². The fourth-order valence-corrected chi connectivity index (χ4v) is 7.53. The second-order valence-electron chi connectivity index (χ2n) is 13.0. The first-order chi connectivity index (χ1) is 22.0.